The molecular formula is C30H24N2O7S. The summed E-state index contributed by atoms with van der Waals surface area (Å²) in [7, 11) is 1.28. The van der Waals surface area contributed by atoms with Crippen molar-refractivity contribution in [2.24, 2.45) is 4.99 Å². The highest BCUT2D eigenvalue weighted by atomic mass is 32.1. The molecule has 10 heteroatoms. The summed E-state index contributed by atoms with van der Waals surface area (Å²) in [6.07, 6.45) is 4.82. The molecule has 0 spiro atoms. The number of rotatable bonds is 8. The number of ether oxygens (including phenoxy) is 3. The van der Waals surface area contributed by atoms with Crippen molar-refractivity contribution in [3.8, 4) is 11.5 Å². The van der Waals surface area contributed by atoms with Gasteiger partial charge >= 0.3 is 11.9 Å². The van der Waals surface area contributed by atoms with E-state index in [2.05, 4.69) is 11.6 Å². The fourth-order valence-corrected chi connectivity index (χ4v) is 5.29. The van der Waals surface area contributed by atoms with Crippen molar-refractivity contribution < 1.29 is 28.2 Å². The van der Waals surface area contributed by atoms with E-state index in [9.17, 15) is 14.4 Å². The molecule has 0 bridgehead atoms. The predicted octanol–water partition coefficient (Wildman–Crippen LogP) is 3.79. The van der Waals surface area contributed by atoms with Crippen molar-refractivity contribution in [3.63, 3.8) is 0 Å². The van der Waals surface area contributed by atoms with Crippen LogP contribution in [0, 0.1) is 0 Å². The van der Waals surface area contributed by atoms with Crippen LogP contribution in [-0.2, 0) is 9.53 Å². The molecule has 0 fully saturated rings. The number of benzene rings is 2. The number of aromatic nitrogens is 1. The second kappa shape index (κ2) is 11.4. The lowest BCUT2D eigenvalue weighted by Gasteiger charge is -2.24. The number of allylic oxidation sites excluding steroid dienone is 1. The van der Waals surface area contributed by atoms with Crippen LogP contribution in [0.1, 0.15) is 34.6 Å². The fourth-order valence-electron chi connectivity index (χ4n) is 4.25. The van der Waals surface area contributed by atoms with E-state index in [1.54, 1.807) is 49.4 Å². The minimum Gasteiger partial charge on any atom is -0.490 e. The Morgan fingerprint density at radius 1 is 1.07 bits per heavy atom. The second-order valence-corrected chi connectivity index (χ2v) is 9.69. The molecule has 202 valence electrons. The van der Waals surface area contributed by atoms with E-state index < -0.39 is 18.0 Å². The maximum atomic E-state index is 13.7. The lowest BCUT2D eigenvalue weighted by molar-refractivity contribution is -0.136. The number of carbonyl (C=O) groups excluding carboxylic acids is 2. The highest BCUT2D eigenvalue weighted by Gasteiger charge is 2.33. The van der Waals surface area contributed by atoms with E-state index in [4.69, 9.17) is 18.6 Å². The van der Waals surface area contributed by atoms with E-state index in [1.165, 1.54) is 35.3 Å². The van der Waals surface area contributed by atoms with Crippen molar-refractivity contribution in [2.45, 2.75) is 13.0 Å². The number of nitrogens with zero attached hydrogens (tertiary/aromatic N) is 2. The molecule has 40 heavy (non-hydrogen) atoms. The molecule has 1 unspecified atom stereocenters. The van der Waals surface area contributed by atoms with Crippen molar-refractivity contribution in [3.05, 3.63) is 127 Å². The fraction of sp³-hybridized carbons (Fsp3) is 0.133. The molecule has 5 rings (SSSR count). The molecule has 0 amide bonds. The van der Waals surface area contributed by atoms with Crippen molar-refractivity contribution in [1.82, 2.24) is 4.57 Å². The molecule has 1 aliphatic heterocycles. The van der Waals surface area contributed by atoms with Gasteiger partial charge in [0.05, 0.1) is 35.2 Å². The summed E-state index contributed by atoms with van der Waals surface area (Å²) >= 11 is 1.23. The standard InChI is InChI=1S/C30H24N2O7S/c1-4-15-37-21-11-7-19(8-12-21)17-24-27(33)32-26(25(29(35)36-3)18(2)31-30(32)40-24)20-9-13-22(14-10-20)39-28(34)23-6-5-16-38-23/h4-14,16-17,26H,1,15H2,2-3H3. The Morgan fingerprint density at radius 2 is 1.80 bits per heavy atom. The van der Waals surface area contributed by atoms with Crippen LogP contribution in [0.15, 0.2) is 105 Å². The van der Waals surface area contributed by atoms with E-state index >= 15 is 0 Å². The van der Waals surface area contributed by atoms with E-state index in [-0.39, 0.29) is 22.6 Å². The number of carbonyl (C=O) groups is 2. The lowest BCUT2D eigenvalue weighted by Crippen LogP contribution is -2.39. The van der Waals surface area contributed by atoms with E-state index in [1.807, 2.05) is 24.3 Å². The number of methoxy groups -OCH3 is 1. The summed E-state index contributed by atoms with van der Waals surface area (Å²) in [5.41, 5.74) is 1.80. The zero-order valence-electron chi connectivity index (χ0n) is 21.7. The molecule has 9 nitrogen and oxygen atoms in total. The van der Waals surface area contributed by atoms with E-state index in [0.717, 1.165) is 5.56 Å². The maximum Gasteiger partial charge on any atom is 0.379 e. The molecule has 3 heterocycles. The van der Waals surface area contributed by atoms with Gasteiger partial charge in [0, 0.05) is 0 Å². The third-order valence-electron chi connectivity index (χ3n) is 6.10. The molecule has 1 aliphatic rings. The van der Waals surface area contributed by atoms with Crippen molar-refractivity contribution in [2.75, 3.05) is 13.7 Å². The van der Waals surface area contributed by atoms with Crippen LogP contribution in [-0.4, -0.2) is 30.2 Å². The Bertz CT molecular complexity index is 1780. The highest BCUT2D eigenvalue weighted by Crippen LogP contribution is 2.31. The largest absolute Gasteiger partial charge is 0.490 e. The van der Waals surface area contributed by atoms with E-state index in [0.29, 0.717) is 33.0 Å². The number of fused-ring (bicyclic) bond motifs is 1. The van der Waals surface area contributed by atoms with Crippen LogP contribution in [0.25, 0.3) is 6.08 Å². The Labute approximate surface area is 232 Å². The van der Waals surface area contributed by atoms with Gasteiger partial charge in [-0.15, -0.1) is 0 Å². The summed E-state index contributed by atoms with van der Waals surface area (Å²) in [6.45, 7) is 5.74. The SMILES string of the molecule is C=CCOc1ccc(C=c2sc3n(c2=O)C(c2ccc(OC(=O)c4ccco4)cc2)C(C(=O)OC)=C(C)N=3)cc1. The monoisotopic (exact) mass is 556 g/mol. The van der Waals surface area contributed by atoms with Gasteiger partial charge < -0.3 is 18.6 Å². The van der Waals surface area contributed by atoms with Crippen LogP contribution < -0.4 is 24.4 Å². The number of hydrogen-bond acceptors (Lipinski definition) is 9. The topological polar surface area (TPSA) is 109 Å². The van der Waals surface area contributed by atoms with Crippen LogP contribution in [0.2, 0.25) is 0 Å². The van der Waals surface area contributed by atoms with Gasteiger partial charge in [-0.2, -0.15) is 0 Å². The van der Waals surface area contributed by atoms with Gasteiger partial charge in [-0.3, -0.25) is 9.36 Å². The van der Waals surface area contributed by atoms with Crippen LogP contribution in [0.3, 0.4) is 0 Å². The quantitative estimate of drug-likeness (QED) is 0.185. The first-order valence-corrected chi connectivity index (χ1v) is 13.0. The number of hydrogen-bond donors (Lipinski definition) is 0. The van der Waals surface area contributed by atoms with Crippen LogP contribution in [0.5, 0.6) is 11.5 Å². The normalized spacial score (nSPS) is 14.8. The van der Waals surface area contributed by atoms with Gasteiger partial charge in [0.1, 0.15) is 18.1 Å². The summed E-state index contributed by atoms with van der Waals surface area (Å²) in [5, 5.41) is 0. The molecule has 1 atom stereocenters. The van der Waals surface area contributed by atoms with Crippen molar-refractivity contribution in [1.29, 1.82) is 0 Å². The molecular weight excluding hydrogens is 532 g/mol. The predicted molar refractivity (Wildman–Crippen MR) is 148 cm³/mol. The van der Waals surface area contributed by atoms with Crippen LogP contribution >= 0.6 is 11.3 Å². The summed E-state index contributed by atoms with van der Waals surface area (Å²) < 4.78 is 23.0. The zero-order chi connectivity index (χ0) is 28.2. The Morgan fingerprint density at radius 3 is 2.45 bits per heavy atom. The molecule has 0 saturated carbocycles. The zero-order valence-corrected chi connectivity index (χ0v) is 22.5. The Hall–Kier alpha value is -4.96. The third kappa shape index (κ3) is 5.29. The first-order valence-electron chi connectivity index (χ1n) is 12.2. The molecule has 4 aromatic rings. The lowest BCUT2D eigenvalue weighted by atomic mass is 9.96. The van der Waals surface area contributed by atoms with Gasteiger partial charge in [-0.25, -0.2) is 14.6 Å². The van der Waals surface area contributed by atoms with Gasteiger partial charge in [0.2, 0.25) is 5.76 Å². The minimum atomic E-state index is -0.796. The Balaban J connectivity index is 1.53. The second-order valence-electron chi connectivity index (χ2n) is 8.68. The summed E-state index contributed by atoms with van der Waals surface area (Å²) in [5.74, 6) is -0.198. The van der Waals surface area contributed by atoms with Crippen LogP contribution in [0.4, 0.5) is 0 Å². The number of furan rings is 1. The van der Waals surface area contributed by atoms with Gasteiger partial charge in [-0.05, 0) is 60.5 Å². The molecule has 0 aliphatic carbocycles. The Kier molecular flexibility index (Phi) is 7.61. The molecule has 2 aromatic carbocycles. The molecule has 0 radical (unpaired) electrons. The summed E-state index contributed by atoms with van der Waals surface area (Å²) in [4.78, 5) is 43.8. The summed E-state index contributed by atoms with van der Waals surface area (Å²) in [6, 6.07) is 16.2. The maximum absolute atomic E-state index is 13.7. The number of esters is 2. The average molecular weight is 557 g/mol. The smallest absolute Gasteiger partial charge is 0.379 e. The average Bonchev–Trinajstić information content (AvgIpc) is 3.61. The van der Waals surface area contributed by atoms with Gasteiger partial charge in [0.25, 0.3) is 5.56 Å². The highest BCUT2D eigenvalue weighted by molar-refractivity contribution is 7.07. The minimum absolute atomic E-state index is 0.0710. The first-order chi connectivity index (χ1) is 19.4. The third-order valence-corrected chi connectivity index (χ3v) is 7.08. The molecule has 0 saturated heterocycles. The number of thiazole rings is 1. The van der Waals surface area contributed by atoms with Crippen molar-refractivity contribution >= 4 is 29.4 Å². The van der Waals surface area contributed by atoms with Gasteiger partial charge in [0.15, 0.2) is 4.80 Å². The van der Waals surface area contributed by atoms with Gasteiger partial charge in [-0.1, -0.05) is 48.3 Å². The molecule has 0 N–H and O–H groups in total. The first kappa shape index (κ1) is 26.6. The molecule has 2 aromatic heterocycles.